The Kier molecular flexibility index (Phi) is 2.86. The van der Waals surface area contributed by atoms with Crippen molar-refractivity contribution in [1.82, 2.24) is 0 Å². The molecule has 1 unspecified atom stereocenters. The summed E-state index contributed by atoms with van der Waals surface area (Å²) in [7, 11) is 0. The maximum absolute atomic E-state index is 11.9. The number of carbonyl (C=O) groups is 1. The molecular formula is C15H18O3. The molecule has 96 valence electrons. The molecule has 3 rings (SSSR count). The van der Waals surface area contributed by atoms with E-state index in [0.717, 1.165) is 37.7 Å². The number of carboxylic acid groups (broad SMARTS) is 1. The summed E-state index contributed by atoms with van der Waals surface area (Å²) >= 11 is 0. The highest BCUT2D eigenvalue weighted by atomic mass is 16.5. The van der Waals surface area contributed by atoms with E-state index in [-0.39, 0.29) is 12.0 Å². The van der Waals surface area contributed by atoms with Crippen LogP contribution in [-0.4, -0.2) is 17.2 Å². The predicted octanol–water partition coefficient (Wildman–Crippen LogP) is 2.95. The SMILES string of the molecule is O=C(O)C(OC1CCC1)(c1ccccc1)C1CC1. The first-order valence-electron chi connectivity index (χ1n) is 6.70. The van der Waals surface area contributed by atoms with E-state index < -0.39 is 11.6 Å². The molecule has 0 amide bonds. The summed E-state index contributed by atoms with van der Waals surface area (Å²) < 4.78 is 6.05. The first-order valence-corrected chi connectivity index (χ1v) is 6.70. The molecule has 0 heterocycles. The van der Waals surface area contributed by atoms with Gasteiger partial charge >= 0.3 is 5.97 Å². The number of carboxylic acids is 1. The average molecular weight is 246 g/mol. The van der Waals surface area contributed by atoms with E-state index in [0.29, 0.717) is 0 Å². The Hall–Kier alpha value is -1.35. The van der Waals surface area contributed by atoms with Gasteiger partial charge in [-0.05, 0) is 37.7 Å². The Morgan fingerprint density at radius 3 is 2.28 bits per heavy atom. The number of aliphatic carboxylic acids is 1. The van der Waals surface area contributed by atoms with Gasteiger partial charge in [0.1, 0.15) is 0 Å². The van der Waals surface area contributed by atoms with E-state index in [1.165, 1.54) is 0 Å². The lowest BCUT2D eigenvalue weighted by Crippen LogP contribution is -2.45. The molecule has 3 heteroatoms. The van der Waals surface area contributed by atoms with Crippen LogP contribution in [0, 0.1) is 5.92 Å². The van der Waals surface area contributed by atoms with Gasteiger partial charge in [0.15, 0.2) is 5.60 Å². The van der Waals surface area contributed by atoms with Crippen LogP contribution in [0.3, 0.4) is 0 Å². The van der Waals surface area contributed by atoms with E-state index in [1.54, 1.807) is 0 Å². The van der Waals surface area contributed by atoms with Crippen molar-refractivity contribution in [3.8, 4) is 0 Å². The van der Waals surface area contributed by atoms with Crippen LogP contribution in [0.25, 0.3) is 0 Å². The Labute approximate surface area is 107 Å². The van der Waals surface area contributed by atoms with Crippen molar-refractivity contribution in [2.24, 2.45) is 5.92 Å². The van der Waals surface area contributed by atoms with Crippen LogP contribution in [0.5, 0.6) is 0 Å². The summed E-state index contributed by atoms with van der Waals surface area (Å²) in [6.07, 6.45) is 5.17. The monoisotopic (exact) mass is 246 g/mol. The van der Waals surface area contributed by atoms with Gasteiger partial charge in [0.05, 0.1) is 6.10 Å². The van der Waals surface area contributed by atoms with Crippen molar-refractivity contribution >= 4 is 5.97 Å². The zero-order valence-corrected chi connectivity index (χ0v) is 10.3. The lowest BCUT2D eigenvalue weighted by atomic mass is 9.86. The smallest absolute Gasteiger partial charge is 0.340 e. The van der Waals surface area contributed by atoms with Gasteiger partial charge < -0.3 is 9.84 Å². The standard InChI is InChI=1S/C15H18O3/c16-14(17)15(12-9-10-12,18-13-7-4-8-13)11-5-2-1-3-6-11/h1-3,5-6,12-13H,4,7-10H2,(H,16,17). The zero-order chi connectivity index (χ0) is 12.6. The Morgan fingerprint density at radius 2 is 1.83 bits per heavy atom. The number of rotatable bonds is 5. The van der Waals surface area contributed by atoms with Crippen LogP contribution < -0.4 is 0 Å². The molecule has 0 aliphatic heterocycles. The van der Waals surface area contributed by atoms with Gasteiger partial charge in [-0.2, -0.15) is 0 Å². The molecule has 0 saturated heterocycles. The maximum atomic E-state index is 11.9. The van der Waals surface area contributed by atoms with Crippen LogP contribution in [0.4, 0.5) is 0 Å². The molecule has 1 N–H and O–H groups in total. The molecule has 2 saturated carbocycles. The third-order valence-electron chi connectivity index (χ3n) is 4.08. The van der Waals surface area contributed by atoms with Gasteiger partial charge in [-0.3, -0.25) is 0 Å². The fourth-order valence-corrected chi connectivity index (χ4v) is 2.68. The highest BCUT2D eigenvalue weighted by Crippen LogP contribution is 2.50. The van der Waals surface area contributed by atoms with Crippen LogP contribution in [0.15, 0.2) is 30.3 Å². The summed E-state index contributed by atoms with van der Waals surface area (Å²) in [6, 6.07) is 9.45. The minimum Gasteiger partial charge on any atom is -0.479 e. The Morgan fingerprint density at radius 1 is 1.17 bits per heavy atom. The second-order valence-electron chi connectivity index (χ2n) is 5.35. The molecule has 1 atom stereocenters. The maximum Gasteiger partial charge on any atom is 0.340 e. The fraction of sp³-hybridized carbons (Fsp3) is 0.533. The molecule has 1 aromatic rings. The van der Waals surface area contributed by atoms with Gasteiger partial charge in [-0.15, -0.1) is 0 Å². The second kappa shape index (κ2) is 4.39. The second-order valence-corrected chi connectivity index (χ2v) is 5.35. The zero-order valence-electron chi connectivity index (χ0n) is 10.3. The van der Waals surface area contributed by atoms with Gasteiger partial charge in [-0.25, -0.2) is 4.79 Å². The molecule has 3 nitrogen and oxygen atoms in total. The van der Waals surface area contributed by atoms with Crippen molar-refractivity contribution < 1.29 is 14.6 Å². The van der Waals surface area contributed by atoms with Crippen molar-refractivity contribution in [1.29, 1.82) is 0 Å². The minimum atomic E-state index is -1.10. The lowest BCUT2D eigenvalue weighted by molar-refractivity contribution is -0.188. The molecular weight excluding hydrogens is 228 g/mol. The molecule has 0 bridgehead atoms. The van der Waals surface area contributed by atoms with Crippen molar-refractivity contribution in [3.63, 3.8) is 0 Å². The number of hydrogen-bond acceptors (Lipinski definition) is 2. The predicted molar refractivity (Wildman–Crippen MR) is 67.2 cm³/mol. The van der Waals surface area contributed by atoms with Crippen LogP contribution in [-0.2, 0) is 15.1 Å². The molecule has 18 heavy (non-hydrogen) atoms. The number of ether oxygens (including phenoxy) is 1. The van der Waals surface area contributed by atoms with Gasteiger partial charge in [0.2, 0.25) is 0 Å². The third kappa shape index (κ3) is 1.83. The van der Waals surface area contributed by atoms with E-state index >= 15 is 0 Å². The van der Waals surface area contributed by atoms with Crippen LogP contribution >= 0.6 is 0 Å². The number of benzene rings is 1. The van der Waals surface area contributed by atoms with Gasteiger partial charge in [0, 0.05) is 5.92 Å². The highest BCUT2D eigenvalue weighted by Gasteiger charge is 2.55. The number of hydrogen-bond donors (Lipinski definition) is 1. The summed E-state index contributed by atoms with van der Waals surface area (Å²) in [4.78, 5) is 11.9. The lowest BCUT2D eigenvalue weighted by Gasteiger charge is -2.38. The van der Waals surface area contributed by atoms with E-state index in [2.05, 4.69) is 0 Å². The van der Waals surface area contributed by atoms with Crippen LogP contribution in [0.2, 0.25) is 0 Å². The molecule has 0 aromatic heterocycles. The Balaban J connectivity index is 1.97. The van der Waals surface area contributed by atoms with E-state index in [9.17, 15) is 9.90 Å². The molecule has 1 aromatic carbocycles. The third-order valence-corrected chi connectivity index (χ3v) is 4.08. The average Bonchev–Trinajstić information content (AvgIpc) is 3.13. The molecule has 2 aliphatic rings. The first kappa shape index (κ1) is 11.7. The summed E-state index contributed by atoms with van der Waals surface area (Å²) in [5, 5.41) is 9.73. The first-order chi connectivity index (χ1) is 8.73. The quantitative estimate of drug-likeness (QED) is 0.868. The van der Waals surface area contributed by atoms with Gasteiger partial charge in [-0.1, -0.05) is 30.3 Å². The van der Waals surface area contributed by atoms with E-state index in [1.807, 2.05) is 30.3 Å². The molecule has 2 aliphatic carbocycles. The van der Waals surface area contributed by atoms with Gasteiger partial charge in [0.25, 0.3) is 0 Å². The summed E-state index contributed by atoms with van der Waals surface area (Å²) in [6.45, 7) is 0. The minimum absolute atomic E-state index is 0.127. The summed E-state index contributed by atoms with van der Waals surface area (Å²) in [5.41, 5.74) is -0.307. The van der Waals surface area contributed by atoms with Crippen LogP contribution in [0.1, 0.15) is 37.7 Å². The summed E-state index contributed by atoms with van der Waals surface area (Å²) in [5.74, 6) is -0.693. The molecule has 2 fully saturated rings. The normalized spacial score (nSPS) is 23.1. The molecule has 0 radical (unpaired) electrons. The van der Waals surface area contributed by atoms with Crippen molar-refractivity contribution in [2.75, 3.05) is 0 Å². The Bertz CT molecular complexity index is 434. The van der Waals surface area contributed by atoms with Crippen molar-refractivity contribution in [3.05, 3.63) is 35.9 Å². The highest BCUT2D eigenvalue weighted by molar-refractivity contribution is 5.80. The van der Waals surface area contributed by atoms with E-state index in [4.69, 9.17) is 4.74 Å². The van der Waals surface area contributed by atoms with Crippen molar-refractivity contribution in [2.45, 2.75) is 43.8 Å². The topological polar surface area (TPSA) is 46.5 Å². The molecule has 0 spiro atoms. The fourth-order valence-electron chi connectivity index (χ4n) is 2.68. The largest absolute Gasteiger partial charge is 0.479 e.